The van der Waals surface area contributed by atoms with Crippen molar-refractivity contribution in [3.63, 3.8) is 0 Å². The van der Waals surface area contributed by atoms with Gasteiger partial charge in [0, 0.05) is 24.3 Å². The number of thioether (sulfide) groups is 1. The zero-order chi connectivity index (χ0) is 9.40. The summed E-state index contributed by atoms with van der Waals surface area (Å²) in [4.78, 5) is 21.2. The Morgan fingerprint density at radius 2 is 1.83 bits per heavy atom. The van der Waals surface area contributed by atoms with Crippen LogP contribution < -0.4 is 3.53 Å². The summed E-state index contributed by atoms with van der Waals surface area (Å²) in [6.45, 7) is 0. The van der Waals surface area contributed by atoms with Gasteiger partial charge in [0.2, 0.25) is 5.91 Å². The van der Waals surface area contributed by atoms with Crippen molar-refractivity contribution < 1.29 is 9.59 Å². The summed E-state index contributed by atoms with van der Waals surface area (Å²) in [6.07, 6.45) is 1.13. The molecule has 0 aromatic carbocycles. The third kappa shape index (κ3) is 9.04. The molecule has 6 heteroatoms. The van der Waals surface area contributed by atoms with Gasteiger partial charge in [-0.25, -0.2) is 0 Å². The van der Waals surface area contributed by atoms with E-state index in [1.54, 1.807) is 34.4 Å². The Morgan fingerprint density at radius 1 is 1.25 bits per heavy atom. The molecule has 0 rings (SSSR count). The first kappa shape index (κ1) is 12.9. The number of nitrogens with one attached hydrogen (secondary N) is 1. The summed E-state index contributed by atoms with van der Waals surface area (Å²) in [5, 5.41) is 0. The fourth-order valence-electron chi connectivity index (χ4n) is 0.467. The Bertz CT molecular complexity index is 166. The second-order valence-corrected chi connectivity index (χ2v) is 4.95. The number of hydrogen-bond acceptors (Lipinski definition) is 3. The minimum Gasteiger partial charge on any atom is -0.299 e. The molecule has 0 aliphatic heterocycles. The van der Waals surface area contributed by atoms with Crippen LogP contribution in [0.5, 0.6) is 0 Å². The Morgan fingerprint density at radius 3 is 2.33 bits per heavy atom. The van der Waals surface area contributed by atoms with Crippen LogP contribution in [0.4, 0.5) is 0 Å². The number of hydrogen-bond donors (Lipinski definition) is 1. The summed E-state index contributed by atoms with van der Waals surface area (Å²) in [6, 6.07) is 0. The first-order valence-corrected chi connectivity index (χ1v) is 6.63. The lowest BCUT2D eigenvalue weighted by Crippen LogP contribution is -2.11. The maximum Gasteiger partial charge on any atom is 0.229 e. The van der Waals surface area contributed by atoms with E-state index in [2.05, 4.69) is 3.53 Å². The van der Waals surface area contributed by atoms with E-state index in [0.717, 1.165) is 11.5 Å². The predicted molar refractivity (Wildman–Crippen MR) is 67.7 cm³/mol. The summed E-state index contributed by atoms with van der Waals surface area (Å²) in [7, 11) is 0. The third-order valence-electron chi connectivity index (χ3n) is 1.02. The average molecular weight is 413 g/mol. The van der Waals surface area contributed by atoms with Crippen LogP contribution in [0.2, 0.25) is 0 Å². The fraction of sp³-hybridized carbons (Fsp3) is 0.667. The number of carbonyl (C=O) groups is 2. The Hall–Kier alpha value is 0.950. The molecule has 0 aliphatic carbocycles. The van der Waals surface area contributed by atoms with Gasteiger partial charge in [-0.1, -0.05) is 0 Å². The molecule has 0 saturated carbocycles. The highest BCUT2D eigenvalue weighted by atomic mass is 127. The van der Waals surface area contributed by atoms with Crippen molar-refractivity contribution in [3.8, 4) is 0 Å². The molecule has 1 amide bonds. The van der Waals surface area contributed by atoms with Gasteiger partial charge >= 0.3 is 0 Å². The van der Waals surface area contributed by atoms with E-state index < -0.39 is 0 Å². The monoisotopic (exact) mass is 413 g/mol. The van der Waals surface area contributed by atoms with E-state index in [-0.39, 0.29) is 9.70 Å². The van der Waals surface area contributed by atoms with Gasteiger partial charge in [-0.3, -0.25) is 13.1 Å². The van der Waals surface area contributed by atoms with Crippen LogP contribution in [0, 0.1) is 0 Å². The molecule has 0 aliphatic rings. The quantitative estimate of drug-likeness (QED) is 0.314. The highest BCUT2D eigenvalue weighted by molar-refractivity contribution is 14.1. The van der Waals surface area contributed by atoms with Crippen LogP contribution >= 0.6 is 57.2 Å². The van der Waals surface area contributed by atoms with E-state index in [9.17, 15) is 9.59 Å². The zero-order valence-electron chi connectivity index (χ0n) is 6.31. The van der Waals surface area contributed by atoms with Crippen molar-refractivity contribution in [1.82, 2.24) is 3.53 Å². The molecular weight excluding hydrogens is 404 g/mol. The molecule has 0 spiro atoms. The lowest BCUT2D eigenvalue weighted by atomic mass is 10.5. The van der Waals surface area contributed by atoms with Crippen molar-refractivity contribution >= 4 is 66.9 Å². The van der Waals surface area contributed by atoms with Crippen LogP contribution in [0.1, 0.15) is 12.8 Å². The molecule has 0 unspecified atom stereocenters. The van der Waals surface area contributed by atoms with E-state index in [1.165, 1.54) is 0 Å². The Kier molecular flexibility index (Phi) is 9.22. The lowest BCUT2D eigenvalue weighted by Gasteiger charge is -1.97. The maximum atomic E-state index is 10.7. The van der Waals surface area contributed by atoms with Crippen LogP contribution in [0.25, 0.3) is 0 Å². The van der Waals surface area contributed by atoms with Crippen molar-refractivity contribution in [3.05, 3.63) is 0 Å². The normalized spacial score (nSPS) is 9.50. The molecule has 0 bridgehead atoms. The van der Waals surface area contributed by atoms with Crippen LogP contribution in [0.3, 0.4) is 0 Å². The maximum absolute atomic E-state index is 10.7. The largest absolute Gasteiger partial charge is 0.299 e. The predicted octanol–water partition coefficient (Wildman–Crippen LogP) is 1.93. The minimum absolute atomic E-state index is 0.0453. The van der Waals surface area contributed by atoms with Crippen LogP contribution in [-0.4, -0.2) is 21.2 Å². The second kappa shape index (κ2) is 8.54. The number of amides is 1. The Labute approximate surface area is 103 Å². The highest BCUT2D eigenvalue weighted by Crippen LogP contribution is 2.06. The zero-order valence-corrected chi connectivity index (χ0v) is 11.4. The summed E-state index contributed by atoms with van der Waals surface area (Å²) in [5.74, 6) is 1.65. The van der Waals surface area contributed by atoms with E-state index in [4.69, 9.17) is 0 Å². The number of halogens is 2. The SMILES string of the molecule is O=C(I)CCSCCC(=O)NI. The van der Waals surface area contributed by atoms with Gasteiger partial charge in [-0.2, -0.15) is 11.8 Å². The third-order valence-corrected chi connectivity index (χ3v) is 3.15. The smallest absolute Gasteiger partial charge is 0.229 e. The van der Waals surface area contributed by atoms with Crippen molar-refractivity contribution in [2.24, 2.45) is 0 Å². The highest BCUT2D eigenvalue weighted by Gasteiger charge is 1.99. The number of rotatable bonds is 6. The molecule has 0 radical (unpaired) electrons. The van der Waals surface area contributed by atoms with Gasteiger partial charge < -0.3 is 0 Å². The first-order chi connectivity index (χ1) is 5.66. The van der Waals surface area contributed by atoms with Crippen molar-refractivity contribution in [2.45, 2.75) is 12.8 Å². The molecule has 0 saturated heterocycles. The standard InChI is InChI=1S/C6H9I2NO2S/c7-5(10)1-3-12-4-2-6(11)9-8/h1-4H2,(H,9,11). The molecule has 0 fully saturated rings. The molecule has 0 atom stereocenters. The molecule has 0 heterocycles. The summed E-state index contributed by atoms with van der Waals surface area (Å²) in [5.41, 5.74) is 0. The molecule has 0 aromatic heterocycles. The molecular formula is C6H9I2NO2S. The molecule has 3 nitrogen and oxygen atoms in total. The first-order valence-electron chi connectivity index (χ1n) is 3.32. The van der Waals surface area contributed by atoms with E-state index in [0.29, 0.717) is 12.8 Å². The number of carbonyl (C=O) groups excluding carboxylic acids is 2. The summed E-state index contributed by atoms with van der Waals surface area (Å²) < 4.78 is 2.69. The minimum atomic E-state index is 0.0453. The Balaban J connectivity index is 3.11. The van der Waals surface area contributed by atoms with Crippen molar-refractivity contribution in [2.75, 3.05) is 11.5 Å². The van der Waals surface area contributed by atoms with Gasteiger partial charge in [0.05, 0.1) is 22.9 Å². The van der Waals surface area contributed by atoms with Crippen LogP contribution in [-0.2, 0) is 9.59 Å². The van der Waals surface area contributed by atoms with E-state index >= 15 is 0 Å². The molecule has 1 N–H and O–H groups in total. The molecule has 70 valence electrons. The van der Waals surface area contributed by atoms with Gasteiger partial charge in [0.15, 0.2) is 3.79 Å². The molecule has 12 heavy (non-hydrogen) atoms. The second-order valence-electron chi connectivity index (χ2n) is 1.99. The van der Waals surface area contributed by atoms with Gasteiger partial charge in [-0.15, -0.1) is 0 Å². The van der Waals surface area contributed by atoms with Gasteiger partial charge in [-0.05, 0) is 22.6 Å². The van der Waals surface area contributed by atoms with E-state index in [1.807, 2.05) is 22.9 Å². The molecule has 0 aromatic rings. The van der Waals surface area contributed by atoms with Crippen LogP contribution in [0.15, 0.2) is 0 Å². The lowest BCUT2D eigenvalue weighted by molar-refractivity contribution is -0.118. The average Bonchev–Trinajstić information content (AvgIpc) is 2.03. The van der Waals surface area contributed by atoms with Gasteiger partial charge in [0.25, 0.3) is 0 Å². The topological polar surface area (TPSA) is 46.2 Å². The fourth-order valence-corrected chi connectivity index (χ4v) is 2.24. The van der Waals surface area contributed by atoms with Gasteiger partial charge in [0.1, 0.15) is 0 Å². The summed E-state index contributed by atoms with van der Waals surface area (Å²) >= 11 is 5.24. The van der Waals surface area contributed by atoms with Crippen molar-refractivity contribution in [1.29, 1.82) is 0 Å².